The summed E-state index contributed by atoms with van der Waals surface area (Å²) in [5.74, 6) is 0.281. The van der Waals surface area contributed by atoms with Crippen LogP contribution in [0.1, 0.15) is 26.2 Å². The zero-order valence-corrected chi connectivity index (χ0v) is 12.3. The number of halogens is 1. The van der Waals surface area contributed by atoms with E-state index in [0.717, 1.165) is 19.6 Å². The first kappa shape index (κ1) is 15.0. The molecule has 1 aliphatic heterocycles. The van der Waals surface area contributed by atoms with Crippen molar-refractivity contribution in [3.05, 3.63) is 27.4 Å². The summed E-state index contributed by atoms with van der Waals surface area (Å²) in [4.78, 5) is 16.9. The molecule has 1 N–H and O–H groups in total. The summed E-state index contributed by atoms with van der Waals surface area (Å²) in [6.45, 7) is 5.07. The zero-order valence-electron chi connectivity index (χ0n) is 11.5. The van der Waals surface area contributed by atoms with E-state index in [9.17, 15) is 10.1 Å². The van der Waals surface area contributed by atoms with Gasteiger partial charge < -0.3 is 10.2 Å². The molecule has 20 heavy (non-hydrogen) atoms. The zero-order chi connectivity index (χ0) is 14.5. The largest absolute Gasteiger partial charge is 0.361 e. The molecule has 6 nitrogen and oxygen atoms in total. The van der Waals surface area contributed by atoms with Crippen LogP contribution < -0.4 is 5.32 Å². The molecule has 1 unspecified atom stereocenters. The molecule has 1 saturated heterocycles. The van der Waals surface area contributed by atoms with Gasteiger partial charge in [0.1, 0.15) is 0 Å². The molecule has 1 fully saturated rings. The fraction of sp³-hybridized carbons (Fsp3) is 0.615. The van der Waals surface area contributed by atoms with Crippen LogP contribution >= 0.6 is 11.6 Å². The lowest BCUT2D eigenvalue weighted by atomic mass is 10.1. The van der Waals surface area contributed by atoms with Crippen LogP contribution in [0.25, 0.3) is 0 Å². The van der Waals surface area contributed by atoms with Gasteiger partial charge in [0.25, 0.3) is 0 Å². The molecule has 1 aromatic rings. The highest BCUT2D eigenvalue weighted by Crippen LogP contribution is 2.25. The summed E-state index contributed by atoms with van der Waals surface area (Å²) < 4.78 is 0. The lowest BCUT2D eigenvalue weighted by Crippen LogP contribution is -2.38. The van der Waals surface area contributed by atoms with Crippen LogP contribution in [0, 0.1) is 10.1 Å². The molecule has 1 aliphatic rings. The molecule has 1 atom stereocenters. The van der Waals surface area contributed by atoms with Crippen molar-refractivity contribution in [2.24, 2.45) is 0 Å². The highest BCUT2D eigenvalue weighted by molar-refractivity contribution is 6.30. The van der Waals surface area contributed by atoms with E-state index < -0.39 is 4.92 Å². The van der Waals surface area contributed by atoms with Crippen molar-refractivity contribution >= 4 is 23.1 Å². The van der Waals surface area contributed by atoms with Gasteiger partial charge in [-0.1, -0.05) is 18.0 Å². The average Bonchev–Trinajstić information content (AvgIpc) is 2.41. The van der Waals surface area contributed by atoms with Gasteiger partial charge in [0, 0.05) is 24.8 Å². The van der Waals surface area contributed by atoms with Gasteiger partial charge in [-0.05, 0) is 32.9 Å². The number of anilines is 1. The van der Waals surface area contributed by atoms with E-state index in [0.29, 0.717) is 0 Å². The van der Waals surface area contributed by atoms with Crippen molar-refractivity contribution in [3.8, 4) is 0 Å². The Labute approximate surface area is 123 Å². The van der Waals surface area contributed by atoms with Gasteiger partial charge in [-0.3, -0.25) is 10.1 Å². The number of rotatable bonds is 5. The Balaban J connectivity index is 1.99. The van der Waals surface area contributed by atoms with Crippen LogP contribution in [0.3, 0.4) is 0 Å². The monoisotopic (exact) mass is 298 g/mol. The standard InChI is InChI=1S/C13H19ClN4O2/c1-10(9-17-5-3-2-4-6-17)16-13-12(18(19)20)7-11(14)8-15-13/h7-8,10H,2-6,9H2,1H3,(H,15,16). The van der Waals surface area contributed by atoms with Crippen molar-refractivity contribution in [3.63, 3.8) is 0 Å². The highest BCUT2D eigenvalue weighted by atomic mass is 35.5. The Kier molecular flexibility index (Phi) is 5.14. The topological polar surface area (TPSA) is 71.3 Å². The van der Waals surface area contributed by atoms with Crippen molar-refractivity contribution < 1.29 is 4.92 Å². The number of nitrogens with one attached hydrogen (secondary N) is 1. The Morgan fingerprint density at radius 3 is 2.85 bits per heavy atom. The minimum absolute atomic E-state index is 0.0806. The van der Waals surface area contributed by atoms with Gasteiger partial charge in [0.15, 0.2) is 0 Å². The third kappa shape index (κ3) is 4.05. The SMILES string of the molecule is CC(CN1CCCCC1)Nc1ncc(Cl)cc1[N+](=O)[O-]. The molecule has 2 rings (SSSR count). The molecule has 0 aliphatic carbocycles. The van der Waals surface area contributed by atoms with Crippen LogP contribution in [0.4, 0.5) is 11.5 Å². The first-order valence-corrected chi connectivity index (χ1v) is 7.23. The van der Waals surface area contributed by atoms with Crippen LogP contribution in [0.5, 0.6) is 0 Å². The summed E-state index contributed by atoms with van der Waals surface area (Å²) in [6, 6.07) is 1.42. The summed E-state index contributed by atoms with van der Waals surface area (Å²) >= 11 is 5.75. The van der Waals surface area contributed by atoms with Gasteiger partial charge in [0.2, 0.25) is 5.82 Å². The Morgan fingerprint density at radius 2 is 2.20 bits per heavy atom. The van der Waals surface area contributed by atoms with Gasteiger partial charge in [-0.15, -0.1) is 0 Å². The minimum Gasteiger partial charge on any atom is -0.361 e. The minimum atomic E-state index is -0.463. The quantitative estimate of drug-likeness (QED) is 0.668. The number of piperidine rings is 1. The van der Waals surface area contributed by atoms with Crippen molar-refractivity contribution in [1.82, 2.24) is 9.88 Å². The molecular weight excluding hydrogens is 280 g/mol. The number of hydrogen-bond donors (Lipinski definition) is 1. The molecule has 110 valence electrons. The van der Waals surface area contributed by atoms with E-state index in [1.165, 1.54) is 31.5 Å². The molecule has 0 spiro atoms. The number of likely N-dealkylation sites (tertiary alicyclic amines) is 1. The number of pyridine rings is 1. The highest BCUT2D eigenvalue weighted by Gasteiger charge is 2.19. The normalized spacial score (nSPS) is 17.7. The Hall–Kier alpha value is -1.40. The molecule has 1 aromatic heterocycles. The predicted molar refractivity (Wildman–Crippen MR) is 79.3 cm³/mol. The first-order chi connectivity index (χ1) is 9.56. The average molecular weight is 299 g/mol. The van der Waals surface area contributed by atoms with Crippen LogP contribution in [-0.4, -0.2) is 40.5 Å². The molecule has 2 heterocycles. The molecule has 0 bridgehead atoms. The van der Waals surface area contributed by atoms with Gasteiger partial charge in [-0.25, -0.2) is 4.98 Å². The summed E-state index contributed by atoms with van der Waals surface area (Å²) in [5.41, 5.74) is -0.0806. The first-order valence-electron chi connectivity index (χ1n) is 6.85. The third-order valence-corrected chi connectivity index (χ3v) is 3.60. The summed E-state index contributed by atoms with van der Waals surface area (Å²) in [6.07, 6.45) is 5.17. The molecule has 0 aromatic carbocycles. The van der Waals surface area contributed by atoms with E-state index in [4.69, 9.17) is 11.6 Å². The number of aromatic nitrogens is 1. The van der Waals surface area contributed by atoms with Crippen molar-refractivity contribution in [2.75, 3.05) is 25.0 Å². The van der Waals surface area contributed by atoms with E-state index >= 15 is 0 Å². The van der Waals surface area contributed by atoms with E-state index in [-0.39, 0.29) is 22.6 Å². The Morgan fingerprint density at radius 1 is 1.50 bits per heavy atom. The maximum Gasteiger partial charge on any atom is 0.312 e. The predicted octanol–water partition coefficient (Wildman–Crippen LogP) is 2.93. The van der Waals surface area contributed by atoms with Crippen LogP contribution in [0.2, 0.25) is 5.02 Å². The number of nitro groups is 1. The summed E-state index contributed by atoms with van der Waals surface area (Å²) in [7, 11) is 0. The van der Waals surface area contributed by atoms with Crippen molar-refractivity contribution in [2.45, 2.75) is 32.2 Å². The fourth-order valence-electron chi connectivity index (χ4n) is 2.49. The van der Waals surface area contributed by atoms with Gasteiger partial charge >= 0.3 is 5.69 Å². The van der Waals surface area contributed by atoms with Crippen molar-refractivity contribution in [1.29, 1.82) is 0 Å². The second-order valence-corrected chi connectivity index (χ2v) is 5.62. The molecule has 0 radical (unpaired) electrons. The number of hydrogen-bond acceptors (Lipinski definition) is 5. The third-order valence-electron chi connectivity index (χ3n) is 3.39. The van der Waals surface area contributed by atoms with E-state index in [1.54, 1.807) is 0 Å². The molecule has 0 amide bonds. The Bertz CT molecular complexity index is 477. The lowest BCUT2D eigenvalue weighted by molar-refractivity contribution is -0.384. The number of nitrogens with zero attached hydrogens (tertiary/aromatic N) is 3. The second kappa shape index (κ2) is 6.85. The molecule has 7 heteroatoms. The smallest absolute Gasteiger partial charge is 0.312 e. The van der Waals surface area contributed by atoms with Gasteiger partial charge in [0.05, 0.1) is 9.95 Å². The van der Waals surface area contributed by atoms with Gasteiger partial charge in [-0.2, -0.15) is 0 Å². The fourth-order valence-corrected chi connectivity index (χ4v) is 2.64. The maximum absolute atomic E-state index is 11.0. The van der Waals surface area contributed by atoms with E-state index in [2.05, 4.69) is 15.2 Å². The summed E-state index contributed by atoms with van der Waals surface area (Å²) in [5, 5.41) is 14.4. The van der Waals surface area contributed by atoms with Crippen LogP contribution in [0.15, 0.2) is 12.3 Å². The molecular formula is C13H19ClN4O2. The van der Waals surface area contributed by atoms with Crippen LogP contribution in [-0.2, 0) is 0 Å². The lowest BCUT2D eigenvalue weighted by Gasteiger charge is -2.29. The maximum atomic E-state index is 11.0. The van der Waals surface area contributed by atoms with E-state index in [1.807, 2.05) is 6.92 Å². The molecule has 0 saturated carbocycles. The second-order valence-electron chi connectivity index (χ2n) is 5.19.